The lowest BCUT2D eigenvalue weighted by Crippen LogP contribution is -2.43. The molecule has 0 saturated heterocycles. The van der Waals surface area contributed by atoms with E-state index in [1.807, 2.05) is 19.0 Å². The van der Waals surface area contributed by atoms with Gasteiger partial charge in [0.25, 0.3) is 0 Å². The van der Waals surface area contributed by atoms with Crippen LogP contribution in [-0.2, 0) is 11.3 Å². The molecule has 2 N–H and O–H groups in total. The normalized spacial score (nSPS) is 16.1. The number of hydrogen-bond donors (Lipinski definition) is 2. The van der Waals surface area contributed by atoms with Gasteiger partial charge < -0.3 is 20.3 Å². The fourth-order valence-corrected chi connectivity index (χ4v) is 4.17. The van der Waals surface area contributed by atoms with Gasteiger partial charge in [0, 0.05) is 45.8 Å². The van der Waals surface area contributed by atoms with Crippen LogP contribution in [0, 0.1) is 5.41 Å². The minimum absolute atomic E-state index is 0. The number of hydrogen-bond acceptors (Lipinski definition) is 5. The molecule has 0 aliphatic heterocycles. The third kappa shape index (κ3) is 8.11. The number of guanidine groups is 1. The van der Waals surface area contributed by atoms with Crippen LogP contribution >= 0.6 is 35.3 Å². The van der Waals surface area contributed by atoms with Gasteiger partial charge in [-0.1, -0.05) is 12.8 Å². The quantitative estimate of drug-likeness (QED) is 0.217. The zero-order valence-electron chi connectivity index (χ0n) is 17.2. The molecule has 6 nitrogen and oxygen atoms in total. The molecular formula is C19H36IN5OS. The molecule has 0 bridgehead atoms. The van der Waals surface area contributed by atoms with Gasteiger partial charge in [-0.3, -0.25) is 0 Å². The largest absolute Gasteiger partial charge is 0.382 e. The van der Waals surface area contributed by atoms with E-state index in [1.165, 1.54) is 25.7 Å². The fraction of sp³-hybridized carbons (Fsp3) is 0.789. The molecule has 0 spiro atoms. The van der Waals surface area contributed by atoms with Gasteiger partial charge in [-0.2, -0.15) is 0 Å². The van der Waals surface area contributed by atoms with Crippen LogP contribution in [0.15, 0.2) is 10.4 Å². The molecule has 156 valence electrons. The molecule has 1 heterocycles. The maximum absolute atomic E-state index is 5.62. The summed E-state index contributed by atoms with van der Waals surface area (Å²) in [5, 5.41) is 10.1. The predicted molar refractivity (Wildman–Crippen MR) is 127 cm³/mol. The van der Waals surface area contributed by atoms with Gasteiger partial charge in [-0.25, -0.2) is 9.98 Å². The van der Waals surface area contributed by atoms with Crippen molar-refractivity contribution in [3.63, 3.8) is 0 Å². The molecule has 1 saturated carbocycles. The molecule has 1 aliphatic carbocycles. The van der Waals surface area contributed by atoms with E-state index in [0.717, 1.165) is 49.5 Å². The van der Waals surface area contributed by atoms with Gasteiger partial charge in [-0.05, 0) is 38.5 Å². The highest BCUT2D eigenvalue weighted by Gasteiger charge is 2.33. The van der Waals surface area contributed by atoms with E-state index in [9.17, 15) is 0 Å². The summed E-state index contributed by atoms with van der Waals surface area (Å²) >= 11 is 1.66. The van der Waals surface area contributed by atoms with Crippen LogP contribution < -0.4 is 15.5 Å². The summed E-state index contributed by atoms with van der Waals surface area (Å²) < 4.78 is 5.62. The molecule has 1 aromatic rings. The molecule has 0 radical (unpaired) electrons. The standard InChI is InChI=1S/C19H35N5OS.HI/c1-5-20-17(21-13-16-14-26-18(23-16)24(3)4)22-15-19(9-7-8-10-19)11-12-25-6-2;/h14H,5-13,15H2,1-4H3,(H2,20,21,22);1H. The van der Waals surface area contributed by atoms with Gasteiger partial charge in [0.15, 0.2) is 11.1 Å². The highest BCUT2D eigenvalue weighted by molar-refractivity contribution is 14.0. The van der Waals surface area contributed by atoms with Crippen molar-refractivity contribution in [2.24, 2.45) is 10.4 Å². The van der Waals surface area contributed by atoms with Gasteiger partial charge in [0.2, 0.25) is 0 Å². The van der Waals surface area contributed by atoms with Crippen LogP contribution in [0.2, 0.25) is 0 Å². The van der Waals surface area contributed by atoms with E-state index in [1.54, 1.807) is 11.3 Å². The maximum Gasteiger partial charge on any atom is 0.191 e. The molecule has 0 amide bonds. The zero-order chi connectivity index (χ0) is 18.8. The van der Waals surface area contributed by atoms with E-state index < -0.39 is 0 Å². The maximum atomic E-state index is 5.62. The van der Waals surface area contributed by atoms with Crippen molar-refractivity contribution >= 4 is 46.4 Å². The number of rotatable bonds is 10. The average molecular weight is 510 g/mol. The first-order chi connectivity index (χ1) is 12.6. The summed E-state index contributed by atoms with van der Waals surface area (Å²) in [6.45, 7) is 8.25. The van der Waals surface area contributed by atoms with E-state index in [4.69, 9.17) is 9.73 Å². The van der Waals surface area contributed by atoms with Crippen molar-refractivity contribution in [1.29, 1.82) is 0 Å². The molecule has 27 heavy (non-hydrogen) atoms. The summed E-state index contributed by atoms with van der Waals surface area (Å²) in [7, 11) is 4.03. The van der Waals surface area contributed by atoms with E-state index in [0.29, 0.717) is 12.0 Å². The zero-order valence-corrected chi connectivity index (χ0v) is 20.4. The number of nitrogens with one attached hydrogen (secondary N) is 2. The second-order valence-electron chi connectivity index (χ2n) is 7.22. The number of aromatic nitrogens is 1. The number of ether oxygens (including phenoxy) is 1. The van der Waals surface area contributed by atoms with Crippen molar-refractivity contribution < 1.29 is 4.74 Å². The van der Waals surface area contributed by atoms with E-state index in [-0.39, 0.29) is 24.0 Å². The summed E-state index contributed by atoms with van der Waals surface area (Å²) in [6, 6.07) is 0. The van der Waals surface area contributed by atoms with Crippen LogP contribution in [-0.4, -0.2) is 51.3 Å². The average Bonchev–Trinajstić information content (AvgIpc) is 3.28. The molecule has 8 heteroatoms. The van der Waals surface area contributed by atoms with Gasteiger partial charge in [0.05, 0.1) is 12.2 Å². The lowest BCUT2D eigenvalue weighted by atomic mass is 9.83. The Hall–Kier alpha value is -0.610. The monoisotopic (exact) mass is 509 g/mol. The third-order valence-electron chi connectivity index (χ3n) is 4.94. The first-order valence-corrected chi connectivity index (χ1v) is 10.7. The summed E-state index contributed by atoms with van der Waals surface area (Å²) in [5.41, 5.74) is 1.37. The number of aliphatic imine (C=N–C) groups is 1. The number of thiazole rings is 1. The van der Waals surface area contributed by atoms with Crippen molar-refractivity contribution in [3.05, 3.63) is 11.1 Å². The predicted octanol–water partition coefficient (Wildman–Crippen LogP) is 3.87. The Labute approximate surface area is 185 Å². The Morgan fingerprint density at radius 3 is 2.63 bits per heavy atom. The van der Waals surface area contributed by atoms with Crippen LogP contribution in [0.25, 0.3) is 0 Å². The Bertz CT molecular complexity index is 558. The van der Waals surface area contributed by atoms with Crippen LogP contribution in [0.4, 0.5) is 5.13 Å². The van der Waals surface area contributed by atoms with E-state index in [2.05, 4.69) is 34.8 Å². The second kappa shape index (κ2) is 12.8. The number of nitrogens with zero attached hydrogens (tertiary/aromatic N) is 3. The Morgan fingerprint density at radius 2 is 2.04 bits per heavy atom. The lowest BCUT2D eigenvalue weighted by molar-refractivity contribution is 0.105. The van der Waals surface area contributed by atoms with Crippen molar-refractivity contribution in [2.75, 3.05) is 45.3 Å². The minimum Gasteiger partial charge on any atom is -0.382 e. The van der Waals surface area contributed by atoms with Crippen LogP contribution in [0.3, 0.4) is 0 Å². The third-order valence-corrected chi connectivity index (χ3v) is 6.00. The summed E-state index contributed by atoms with van der Waals surface area (Å²) in [4.78, 5) is 11.4. The Kier molecular flexibility index (Phi) is 11.6. The van der Waals surface area contributed by atoms with E-state index >= 15 is 0 Å². The highest BCUT2D eigenvalue weighted by Crippen LogP contribution is 2.40. The topological polar surface area (TPSA) is 61.8 Å². The minimum atomic E-state index is 0. The number of halogens is 1. The first-order valence-electron chi connectivity index (χ1n) is 9.80. The lowest BCUT2D eigenvalue weighted by Gasteiger charge is -2.30. The number of anilines is 1. The van der Waals surface area contributed by atoms with Gasteiger partial charge >= 0.3 is 0 Å². The second-order valence-corrected chi connectivity index (χ2v) is 8.06. The van der Waals surface area contributed by atoms with Gasteiger partial charge in [0.1, 0.15) is 0 Å². The molecule has 1 aromatic heterocycles. The van der Waals surface area contributed by atoms with Gasteiger partial charge in [-0.15, -0.1) is 35.3 Å². The van der Waals surface area contributed by atoms with Crippen LogP contribution in [0.5, 0.6) is 0 Å². The highest BCUT2D eigenvalue weighted by atomic mass is 127. The smallest absolute Gasteiger partial charge is 0.191 e. The molecule has 2 rings (SSSR count). The van der Waals surface area contributed by atoms with Crippen molar-refractivity contribution in [1.82, 2.24) is 15.6 Å². The molecule has 1 fully saturated rings. The molecule has 0 atom stereocenters. The van der Waals surface area contributed by atoms with Crippen molar-refractivity contribution in [2.45, 2.75) is 52.5 Å². The fourth-order valence-electron chi connectivity index (χ4n) is 3.42. The Morgan fingerprint density at radius 1 is 1.30 bits per heavy atom. The Balaban J connectivity index is 0.00000364. The first kappa shape index (κ1) is 24.4. The van der Waals surface area contributed by atoms with Crippen molar-refractivity contribution in [3.8, 4) is 0 Å². The molecule has 0 unspecified atom stereocenters. The van der Waals surface area contributed by atoms with Crippen LogP contribution in [0.1, 0.15) is 51.6 Å². The SMILES string of the molecule is CCNC(=NCc1csc(N(C)C)n1)NCC1(CCOCC)CCCC1.I. The summed E-state index contributed by atoms with van der Waals surface area (Å²) in [5.74, 6) is 0.884. The summed E-state index contributed by atoms with van der Waals surface area (Å²) in [6.07, 6.45) is 6.35. The molecule has 0 aromatic carbocycles. The molecule has 1 aliphatic rings. The molecular weight excluding hydrogens is 473 g/mol.